The Bertz CT molecular complexity index is 1060. The van der Waals surface area contributed by atoms with E-state index in [9.17, 15) is 13.2 Å². The first-order valence-electron chi connectivity index (χ1n) is 10.4. The second kappa shape index (κ2) is 9.69. The number of nitrogens with zero attached hydrogens (tertiary/aromatic N) is 2. The highest BCUT2D eigenvalue weighted by Crippen LogP contribution is 2.27. The van der Waals surface area contributed by atoms with Crippen LogP contribution in [0.15, 0.2) is 41.3 Å². The zero-order valence-electron chi connectivity index (χ0n) is 18.5. The van der Waals surface area contributed by atoms with Crippen molar-refractivity contribution < 1.29 is 13.2 Å². The van der Waals surface area contributed by atoms with E-state index in [1.807, 2.05) is 31.2 Å². The first-order valence-corrected chi connectivity index (χ1v) is 12.2. The Morgan fingerprint density at radius 2 is 1.84 bits per heavy atom. The van der Waals surface area contributed by atoms with Crippen LogP contribution in [-0.4, -0.2) is 57.3 Å². The predicted molar refractivity (Wildman–Crippen MR) is 124 cm³/mol. The van der Waals surface area contributed by atoms with E-state index < -0.39 is 10.0 Å². The van der Waals surface area contributed by atoms with Gasteiger partial charge in [0, 0.05) is 31.2 Å². The van der Waals surface area contributed by atoms with Gasteiger partial charge in [0.15, 0.2) is 0 Å². The first kappa shape index (κ1) is 23.7. The third kappa shape index (κ3) is 5.29. The van der Waals surface area contributed by atoms with Crippen molar-refractivity contribution in [2.75, 3.05) is 33.7 Å². The van der Waals surface area contributed by atoms with Crippen LogP contribution in [0.2, 0.25) is 5.02 Å². The molecule has 0 saturated carbocycles. The van der Waals surface area contributed by atoms with Crippen LogP contribution in [0.4, 0.5) is 0 Å². The van der Waals surface area contributed by atoms with Crippen molar-refractivity contribution in [2.24, 2.45) is 0 Å². The summed E-state index contributed by atoms with van der Waals surface area (Å²) in [4.78, 5) is 15.5. The Labute approximate surface area is 190 Å². The summed E-state index contributed by atoms with van der Waals surface area (Å²) in [6.45, 7) is 5.95. The van der Waals surface area contributed by atoms with Gasteiger partial charge < -0.3 is 5.32 Å². The zero-order chi connectivity index (χ0) is 22.8. The third-order valence-electron chi connectivity index (χ3n) is 5.91. The van der Waals surface area contributed by atoms with Gasteiger partial charge in [-0.25, -0.2) is 12.7 Å². The summed E-state index contributed by atoms with van der Waals surface area (Å²) in [5.41, 5.74) is 2.82. The minimum absolute atomic E-state index is 0.0154. The Hall–Kier alpha value is -1.93. The van der Waals surface area contributed by atoms with Gasteiger partial charge in [0.25, 0.3) is 5.91 Å². The van der Waals surface area contributed by atoms with Crippen molar-refractivity contribution in [3.05, 3.63) is 63.7 Å². The normalized spacial score (nSPS) is 15.9. The van der Waals surface area contributed by atoms with E-state index >= 15 is 0 Å². The lowest BCUT2D eigenvalue weighted by molar-refractivity contribution is 0.0937. The van der Waals surface area contributed by atoms with Crippen LogP contribution in [0.25, 0.3) is 0 Å². The van der Waals surface area contributed by atoms with Gasteiger partial charge in [-0.15, -0.1) is 0 Å². The second-order valence-electron chi connectivity index (χ2n) is 8.23. The number of halogens is 1. The van der Waals surface area contributed by atoms with Crippen molar-refractivity contribution in [3.8, 4) is 0 Å². The predicted octanol–water partition coefficient (Wildman–Crippen LogP) is 3.77. The molecule has 1 N–H and O–H groups in total. The molecule has 1 amide bonds. The number of carbonyl (C=O) groups excluding carboxylic acids is 1. The van der Waals surface area contributed by atoms with Gasteiger partial charge in [0.05, 0.1) is 10.9 Å². The minimum Gasteiger partial charge on any atom is -0.350 e. The maximum absolute atomic E-state index is 13.0. The molecule has 8 heteroatoms. The summed E-state index contributed by atoms with van der Waals surface area (Å²) in [6, 6.07) is 11.0. The molecule has 6 nitrogen and oxygen atoms in total. The molecule has 31 heavy (non-hydrogen) atoms. The fourth-order valence-corrected chi connectivity index (χ4v) is 5.35. The Balaban J connectivity index is 1.85. The molecule has 0 aliphatic carbocycles. The smallest absolute Gasteiger partial charge is 0.251 e. The van der Waals surface area contributed by atoms with Crippen molar-refractivity contribution in [1.82, 2.24) is 14.5 Å². The Kier molecular flexibility index (Phi) is 7.42. The van der Waals surface area contributed by atoms with Gasteiger partial charge in [-0.3, -0.25) is 9.69 Å². The highest BCUT2D eigenvalue weighted by atomic mass is 35.5. The average Bonchev–Trinajstić information content (AvgIpc) is 3.24. The van der Waals surface area contributed by atoms with Crippen LogP contribution in [-0.2, 0) is 10.0 Å². The first-order chi connectivity index (χ1) is 14.6. The summed E-state index contributed by atoms with van der Waals surface area (Å²) in [6.07, 6.45) is 2.27. The maximum atomic E-state index is 13.0. The molecule has 1 aliphatic rings. The molecular formula is C23H30ClN3O3S. The van der Waals surface area contributed by atoms with Gasteiger partial charge >= 0.3 is 0 Å². The van der Waals surface area contributed by atoms with Crippen molar-refractivity contribution in [2.45, 2.75) is 37.6 Å². The Morgan fingerprint density at radius 3 is 2.45 bits per heavy atom. The van der Waals surface area contributed by atoms with E-state index in [1.54, 1.807) is 13.0 Å². The number of aryl methyl sites for hydroxylation is 1. The molecule has 1 atom stereocenters. The number of sulfonamides is 1. The van der Waals surface area contributed by atoms with Crippen LogP contribution in [0.1, 0.15) is 45.9 Å². The molecule has 0 spiro atoms. The van der Waals surface area contributed by atoms with Gasteiger partial charge in [-0.1, -0.05) is 23.7 Å². The molecule has 1 saturated heterocycles. The maximum Gasteiger partial charge on any atom is 0.251 e. The third-order valence-corrected chi connectivity index (χ3v) is 8.09. The minimum atomic E-state index is -3.65. The van der Waals surface area contributed by atoms with E-state index in [0.29, 0.717) is 22.7 Å². The van der Waals surface area contributed by atoms with Crippen molar-refractivity contribution >= 4 is 27.5 Å². The number of likely N-dealkylation sites (tertiary alicyclic amines) is 1. The van der Waals surface area contributed by atoms with E-state index in [1.165, 1.54) is 24.5 Å². The molecule has 1 fully saturated rings. The molecule has 2 aromatic rings. The highest BCUT2D eigenvalue weighted by molar-refractivity contribution is 7.89. The number of hydrogen-bond acceptors (Lipinski definition) is 4. The quantitative estimate of drug-likeness (QED) is 0.678. The molecule has 0 bridgehead atoms. The SMILES string of the molecule is Cc1cc(C(=O)NC[C@H](c2cccc(Cl)c2)N2CCCC2)cc(S(=O)(=O)N(C)C)c1C. The molecular weight excluding hydrogens is 434 g/mol. The number of benzene rings is 2. The standard InChI is InChI=1S/C23H30ClN3O3S/c1-16-12-19(14-22(17(16)2)31(29,30)26(3)4)23(28)25-15-21(27-10-5-6-11-27)18-8-7-9-20(24)13-18/h7-9,12-14,21H,5-6,10-11,15H2,1-4H3,(H,25,28)/t21-/m1/s1. The monoisotopic (exact) mass is 463 g/mol. The van der Waals surface area contributed by atoms with Crippen LogP contribution in [0, 0.1) is 13.8 Å². The lowest BCUT2D eigenvalue weighted by Crippen LogP contribution is -2.37. The summed E-state index contributed by atoms with van der Waals surface area (Å²) in [7, 11) is -0.671. The lowest BCUT2D eigenvalue weighted by atomic mass is 10.0. The van der Waals surface area contributed by atoms with E-state index in [0.717, 1.165) is 37.1 Å². The average molecular weight is 464 g/mol. The number of amides is 1. The van der Waals surface area contributed by atoms with Crippen LogP contribution in [0.3, 0.4) is 0 Å². The van der Waals surface area contributed by atoms with Gasteiger partial charge in [0.2, 0.25) is 10.0 Å². The molecule has 1 heterocycles. The summed E-state index contributed by atoms with van der Waals surface area (Å²) >= 11 is 6.21. The van der Waals surface area contributed by atoms with Crippen molar-refractivity contribution in [3.63, 3.8) is 0 Å². The van der Waals surface area contributed by atoms with Crippen molar-refractivity contribution in [1.29, 1.82) is 0 Å². The number of rotatable bonds is 7. The lowest BCUT2D eigenvalue weighted by Gasteiger charge is -2.28. The van der Waals surface area contributed by atoms with E-state index in [-0.39, 0.29) is 16.8 Å². The molecule has 2 aromatic carbocycles. The number of hydrogen-bond donors (Lipinski definition) is 1. The second-order valence-corrected chi connectivity index (χ2v) is 10.8. The molecule has 168 valence electrons. The number of nitrogens with one attached hydrogen (secondary N) is 1. The van der Waals surface area contributed by atoms with Crippen LogP contribution >= 0.6 is 11.6 Å². The van der Waals surface area contributed by atoms with Gasteiger partial charge in [-0.2, -0.15) is 0 Å². The van der Waals surface area contributed by atoms with Crippen LogP contribution < -0.4 is 5.32 Å². The fraction of sp³-hybridized carbons (Fsp3) is 0.435. The fourth-order valence-electron chi connectivity index (χ4n) is 3.94. The molecule has 0 aromatic heterocycles. The molecule has 0 radical (unpaired) electrons. The molecule has 0 unspecified atom stereocenters. The number of carbonyl (C=O) groups is 1. The summed E-state index contributed by atoms with van der Waals surface area (Å²) < 4.78 is 26.6. The summed E-state index contributed by atoms with van der Waals surface area (Å²) in [5, 5.41) is 3.68. The Morgan fingerprint density at radius 1 is 1.16 bits per heavy atom. The van der Waals surface area contributed by atoms with Crippen LogP contribution in [0.5, 0.6) is 0 Å². The molecule has 3 rings (SSSR count). The van der Waals surface area contributed by atoms with Gasteiger partial charge in [-0.05, 0) is 80.7 Å². The molecule has 1 aliphatic heterocycles. The topological polar surface area (TPSA) is 69.7 Å². The summed E-state index contributed by atoms with van der Waals surface area (Å²) in [5.74, 6) is -0.287. The van der Waals surface area contributed by atoms with E-state index in [4.69, 9.17) is 11.6 Å². The largest absolute Gasteiger partial charge is 0.350 e. The van der Waals surface area contributed by atoms with Gasteiger partial charge in [0.1, 0.15) is 0 Å². The zero-order valence-corrected chi connectivity index (χ0v) is 20.1. The highest BCUT2D eigenvalue weighted by Gasteiger charge is 2.26. The van der Waals surface area contributed by atoms with E-state index in [2.05, 4.69) is 10.2 Å².